The van der Waals surface area contributed by atoms with Crippen LogP contribution in [0.4, 0.5) is 9.59 Å². The lowest BCUT2D eigenvalue weighted by Gasteiger charge is -2.47. The molecule has 3 amide bonds. The van der Waals surface area contributed by atoms with Gasteiger partial charge in [-0.15, -0.1) is 0 Å². The van der Waals surface area contributed by atoms with Crippen LogP contribution >= 0.6 is 0 Å². The fraction of sp³-hybridized carbons (Fsp3) is 0.417. The van der Waals surface area contributed by atoms with Gasteiger partial charge in [0, 0.05) is 32.2 Å². The van der Waals surface area contributed by atoms with Crippen LogP contribution in [0.25, 0.3) is 0 Å². The fourth-order valence-electron chi connectivity index (χ4n) is 6.60. The van der Waals surface area contributed by atoms with Crippen molar-refractivity contribution in [1.29, 1.82) is 0 Å². The number of urea groups is 1. The minimum Gasteiger partial charge on any atom is -0.465 e. The first-order valence-corrected chi connectivity index (χ1v) is 17.2. The Hall–Kier alpha value is -4.15. The maximum absolute atomic E-state index is 14.7. The zero-order chi connectivity index (χ0) is 32.9. The van der Waals surface area contributed by atoms with E-state index in [0.29, 0.717) is 44.6 Å². The van der Waals surface area contributed by atoms with Crippen LogP contribution in [0.2, 0.25) is 5.04 Å². The van der Waals surface area contributed by atoms with Crippen LogP contribution < -0.4 is 0 Å². The molecule has 2 saturated heterocycles. The summed E-state index contributed by atoms with van der Waals surface area (Å²) in [6.07, 6.45) is 0.923. The number of carbonyl (C=O) groups excluding carboxylic acids is 3. The number of rotatable bonds is 9. The van der Waals surface area contributed by atoms with E-state index in [0.717, 1.165) is 16.7 Å². The van der Waals surface area contributed by atoms with Gasteiger partial charge in [-0.3, -0.25) is 0 Å². The largest absolute Gasteiger partial charge is 0.465 e. The van der Waals surface area contributed by atoms with Crippen molar-refractivity contribution in [2.75, 3.05) is 33.9 Å². The maximum Gasteiger partial charge on any atom is 0.409 e. The van der Waals surface area contributed by atoms with Crippen molar-refractivity contribution in [3.05, 3.63) is 107 Å². The zero-order valence-corrected chi connectivity index (χ0v) is 28.9. The fourth-order valence-corrected chi connectivity index (χ4v) is 7.78. The maximum atomic E-state index is 14.7. The molecule has 0 aromatic heterocycles. The highest BCUT2D eigenvalue weighted by Gasteiger charge is 2.55. The molecular formula is C36H45N3O6Si. The summed E-state index contributed by atoms with van der Waals surface area (Å²) in [5.74, 6) is -0.399. The SMILES string of the molecule is COC(=O)c1ccc(CN2C[C@@H](C(O[SiH2]C(C)(C)C)(c3ccccc3)c3ccccc3)N(C3CCN(C(=O)OC)CC3)C2=O)cc1. The predicted molar refractivity (Wildman–Crippen MR) is 179 cm³/mol. The van der Waals surface area contributed by atoms with E-state index < -0.39 is 21.3 Å². The van der Waals surface area contributed by atoms with Crippen LogP contribution in [0.3, 0.4) is 0 Å². The second-order valence-electron chi connectivity index (χ2n) is 13.3. The van der Waals surface area contributed by atoms with Gasteiger partial charge in [-0.25, -0.2) is 14.4 Å². The van der Waals surface area contributed by atoms with E-state index in [-0.39, 0.29) is 29.2 Å². The molecule has 0 spiro atoms. The summed E-state index contributed by atoms with van der Waals surface area (Å²) < 4.78 is 17.2. The molecule has 0 radical (unpaired) electrons. The van der Waals surface area contributed by atoms with Crippen molar-refractivity contribution in [1.82, 2.24) is 14.7 Å². The number of hydrogen-bond donors (Lipinski definition) is 0. The lowest BCUT2D eigenvalue weighted by Crippen LogP contribution is -2.58. The molecule has 3 aromatic rings. The summed E-state index contributed by atoms with van der Waals surface area (Å²) in [7, 11) is 1.63. The lowest BCUT2D eigenvalue weighted by molar-refractivity contribution is 0.00736. The first-order valence-electron chi connectivity index (χ1n) is 15.9. The summed E-state index contributed by atoms with van der Waals surface area (Å²) >= 11 is 0. The number of piperidine rings is 1. The van der Waals surface area contributed by atoms with Crippen LogP contribution in [0.15, 0.2) is 84.9 Å². The van der Waals surface area contributed by atoms with Gasteiger partial charge in [0.05, 0.1) is 25.8 Å². The van der Waals surface area contributed by atoms with Gasteiger partial charge in [-0.1, -0.05) is 93.6 Å². The number of methoxy groups -OCH3 is 2. The Bertz CT molecular complexity index is 1450. The van der Waals surface area contributed by atoms with Gasteiger partial charge < -0.3 is 28.6 Å². The van der Waals surface area contributed by atoms with E-state index in [1.807, 2.05) is 53.4 Å². The van der Waals surface area contributed by atoms with Gasteiger partial charge in [0.15, 0.2) is 9.76 Å². The minimum absolute atomic E-state index is 0.00478. The molecule has 2 heterocycles. The van der Waals surface area contributed by atoms with E-state index in [9.17, 15) is 14.4 Å². The second kappa shape index (κ2) is 14.1. The van der Waals surface area contributed by atoms with E-state index in [1.54, 1.807) is 17.0 Å². The third-order valence-electron chi connectivity index (χ3n) is 8.87. The standard InChI is InChI=1S/C36H45N3O6Si/c1-35(2,3)46-45-36(28-12-8-6-9-13-28,29-14-10-7-11-15-29)31-25-38(24-26-16-18-27(19-17-26)32(40)43-4)33(41)39(31)30-20-22-37(23-21-30)34(42)44-5/h6-19,30-31H,20-25,46H2,1-5H3/t31-/m0/s1. The quantitative estimate of drug-likeness (QED) is 0.224. The zero-order valence-electron chi connectivity index (χ0n) is 27.5. The van der Waals surface area contributed by atoms with Gasteiger partial charge in [-0.2, -0.15) is 0 Å². The van der Waals surface area contributed by atoms with Gasteiger partial charge in [-0.05, 0) is 46.7 Å². The molecule has 1 atom stereocenters. The highest BCUT2D eigenvalue weighted by atomic mass is 28.2. The molecular weight excluding hydrogens is 598 g/mol. The molecule has 2 aliphatic rings. The molecule has 244 valence electrons. The molecule has 0 unspecified atom stereocenters. The van der Waals surface area contributed by atoms with Gasteiger partial charge in [0.2, 0.25) is 0 Å². The van der Waals surface area contributed by atoms with Crippen molar-refractivity contribution < 1.29 is 28.3 Å². The van der Waals surface area contributed by atoms with Crippen molar-refractivity contribution in [2.45, 2.75) is 62.9 Å². The molecule has 0 bridgehead atoms. The summed E-state index contributed by atoms with van der Waals surface area (Å²) in [4.78, 5) is 44.7. The topological polar surface area (TPSA) is 88.6 Å². The Morgan fingerprint density at radius 2 is 1.39 bits per heavy atom. The molecule has 2 aliphatic heterocycles. The summed E-state index contributed by atoms with van der Waals surface area (Å²) in [6.45, 7) is 8.47. The normalized spacial score (nSPS) is 18.0. The predicted octanol–water partition coefficient (Wildman–Crippen LogP) is 5.57. The number of ether oxygens (including phenoxy) is 2. The van der Waals surface area contributed by atoms with E-state index in [1.165, 1.54) is 14.2 Å². The number of nitrogens with zero attached hydrogens (tertiary/aromatic N) is 3. The Kier molecular flexibility index (Phi) is 10.2. The molecule has 46 heavy (non-hydrogen) atoms. The van der Waals surface area contributed by atoms with Crippen molar-refractivity contribution >= 4 is 27.9 Å². The second-order valence-corrected chi connectivity index (χ2v) is 16.0. The van der Waals surface area contributed by atoms with Crippen LogP contribution in [0.1, 0.15) is 60.7 Å². The van der Waals surface area contributed by atoms with E-state index >= 15 is 0 Å². The van der Waals surface area contributed by atoms with Gasteiger partial charge in [0.25, 0.3) is 0 Å². The monoisotopic (exact) mass is 643 g/mol. The Labute approximate surface area is 274 Å². The van der Waals surface area contributed by atoms with Crippen molar-refractivity contribution in [2.24, 2.45) is 0 Å². The first-order chi connectivity index (χ1) is 22.1. The molecule has 9 nitrogen and oxygen atoms in total. The number of hydrogen-bond acceptors (Lipinski definition) is 6. The van der Waals surface area contributed by atoms with Crippen LogP contribution in [-0.2, 0) is 26.0 Å². The third-order valence-corrected chi connectivity index (χ3v) is 10.3. The van der Waals surface area contributed by atoms with Crippen LogP contribution in [0.5, 0.6) is 0 Å². The highest BCUT2D eigenvalue weighted by molar-refractivity contribution is 6.32. The van der Waals surface area contributed by atoms with Crippen LogP contribution in [0, 0.1) is 0 Å². The smallest absolute Gasteiger partial charge is 0.409 e. The Morgan fingerprint density at radius 3 is 1.89 bits per heavy atom. The number of likely N-dealkylation sites (tertiary alicyclic amines) is 1. The Morgan fingerprint density at radius 1 is 0.826 bits per heavy atom. The molecule has 2 fully saturated rings. The molecule has 0 N–H and O–H groups in total. The molecule has 10 heteroatoms. The first kappa shape index (κ1) is 33.2. The molecule has 3 aromatic carbocycles. The van der Waals surface area contributed by atoms with E-state index in [4.69, 9.17) is 13.9 Å². The number of esters is 1. The van der Waals surface area contributed by atoms with E-state index in [2.05, 4.69) is 49.9 Å². The molecule has 0 saturated carbocycles. The minimum atomic E-state index is -1.12. The highest BCUT2D eigenvalue weighted by Crippen LogP contribution is 2.45. The van der Waals surface area contributed by atoms with Crippen molar-refractivity contribution in [3.63, 3.8) is 0 Å². The Balaban J connectivity index is 1.60. The number of carbonyl (C=O) groups is 3. The average Bonchev–Trinajstić information content (AvgIpc) is 3.40. The number of benzene rings is 3. The summed E-state index contributed by atoms with van der Waals surface area (Å²) in [5, 5.41) is -0.00478. The molecule has 5 rings (SSSR count). The third kappa shape index (κ3) is 6.98. The van der Waals surface area contributed by atoms with Crippen molar-refractivity contribution in [3.8, 4) is 0 Å². The number of amides is 3. The summed E-state index contributed by atoms with van der Waals surface area (Å²) in [5.41, 5.74) is 2.48. The van der Waals surface area contributed by atoms with Crippen LogP contribution in [-0.4, -0.2) is 88.5 Å². The summed E-state index contributed by atoms with van der Waals surface area (Å²) in [6, 6.07) is 27.3. The lowest BCUT2D eigenvalue weighted by atomic mass is 9.79. The molecule has 0 aliphatic carbocycles. The average molecular weight is 644 g/mol. The van der Waals surface area contributed by atoms with Gasteiger partial charge >= 0.3 is 18.1 Å². The van der Waals surface area contributed by atoms with Gasteiger partial charge in [0.1, 0.15) is 5.60 Å².